The topological polar surface area (TPSA) is 69.2 Å². The Labute approximate surface area is 196 Å². The molecule has 1 aromatic heterocycles. The SMILES string of the molecule is [CH2]CCCC(NN1C(C)(C)CCCC1(C)C)[C]1c2nc1[nH]c(=NC(C)(C)CC(C)(C)C)n2. The number of nitrogens with one attached hydrogen (secondary N) is 2. The highest BCUT2D eigenvalue weighted by Gasteiger charge is 2.45. The van der Waals surface area contributed by atoms with E-state index in [1.807, 2.05) is 0 Å². The molecule has 1 aromatic rings. The molecule has 0 saturated carbocycles. The van der Waals surface area contributed by atoms with E-state index in [0.29, 0.717) is 5.62 Å². The number of piperidine rings is 1. The Morgan fingerprint density at radius 1 is 1.09 bits per heavy atom. The minimum absolute atomic E-state index is 0.102. The van der Waals surface area contributed by atoms with Gasteiger partial charge < -0.3 is 4.98 Å². The van der Waals surface area contributed by atoms with Gasteiger partial charge in [0.2, 0.25) is 5.62 Å². The first-order valence-electron chi connectivity index (χ1n) is 12.4. The molecule has 1 saturated heterocycles. The van der Waals surface area contributed by atoms with Gasteiger partial charge in [0.25, 0.3) is 0 Å². The van der Waals surface area contributed by atoms with E-state index in [1.54, 1.807) is 0 Å². The second-order valence-electron chi connectivity index (χ2n) is 12.9. The molecule has 32 heavy (non-hydrogen) atoms. The number of hydrazine groups is 1. The first-order chi connectivity index (χ1) is 14.6. The van der Waals surface area contributed by atoms with Gasteiger partial charge in [0, 0.05) is 17.1 Å². The maximum Gasteiger partial charge on any atom is 0.225 e. The van der Waals surface area contributed by atoms with Crippen LogP contribution in [0.2, 0.25) is 0 Å². The molecule has 2 aliphatic heterocycles. The van der Waals surface area contributed by atoms with Crippen LogP contribution in [0, 0.1) is 18.3 Å². The van der Waals surface area contributed by atoms with Crippen molar-refractivity contribution in [1.29, 1.82) is 0 Å². The quantitative estimate of drug-likeness (QED) is 0.586. The third kappa shape index (κ3) is 5.80. The van der Waals surface area contributed by atoms with E-state index in [2.05, 4.69) is 89.6 Å². The molecule has 2 aliphatic rings. The molecule has 1 unspecified atom stereocenters. The highest BCUT2D eigenvalue weighted by atomic mass is 15.6. The van der Waals surface area contributed by atoms with Crippen LogP contribution in [0.3, 0.4) is 0 Å². The lowest BCUT2D eigenvalue weighted by Crippen LogP contribution is -2.67. The Morgan fingerprint density at radius 3 is 2.22 bits per heavy atom. The van der Waals surface area contributed by atoms with Gasteiger partial charge in [0.15, 0.2) is 5.82 Å². The van der Waals surface area contributed by atoms with Gasteiger partial charge in [-0.1, -0.05) is 40.5 Å². The summed E-state index contributed by atoms with van der Waals surface area (Å²) in [5.41, 5.74) is 4.85. The second kappa shape index (κ2) is 8.83. The monoisotopic (exact) mass is 442 g/mol. The lowest BCUT2D eigenvalue weighted by Gasteiger charge is -2.54. The summed E-state index contributed by atoms with van der Waals surface area (Å²) in [4.78, 5) is 17.8. The van der Waals surface area contributed by atoms with Gasteiger partial charge in [-0.15, -0.1) is 0 Å². The Kier molecular flexibility index (Phi) is 6.99. The number of nitrogens with zero attached hydrogens (tertiary/aromatic N) is 4. The molecule has 0 spiro atoms. The molecule has 2 bridgehead atoms. The van der Waals surface area contributed by atoms with Crippen molar-refractivity contribution >= 4 is 0 Å². The summed E-state index contributed by atoms with van der Waals surface area (Å²) >= 11 is 0. The number of H-pyrrole nitrogens is 1. The number of rotatable bonds is 8. The molecule has 3 heterocycles. The molecule has 3 rings (SSSR count). The lowest BCUT2D eigenvalue weighted by molar-refractivity contribution is -0.0796. The van der Waals surface area contributed by atoms with E-state index < -0.39 is 0 Å². The van der Waals surface area contributed by atoms with Crippen LogP contribution in [0.5, 0.6) is 0 Å². The minimum Gasteiger partial charge on any atom is -0.312 e. The van der Waals surface area contributed by atoms with Crippen LogP contribution in [-0.4, -0.2) is 42.6 Å². The Balaban J connectivity index is 1.84. The predicted molar refractivity (Wildman–Crippen MR) is 132 cm³/mol. The number of unbranched alkanes of at least 4 members (excludes halogenated alkanes) is 1. The van der Waals surface area contributed by atoms with Crippen LogP contribution >= 0.6 is 0 Å². The number of aromatic nitrogens is 3. The standard InChI is InChI=1S/C26H46N6/c1-11-12-14-18(31-32-25(7,8)15-13-16-26(32,9)10)19-20-27-21(19)29-22(28-20)30-24(5,6)17-23(2,3)4/h18,31H,1,11-17H2,2-10H3,(H,27,28,29,30). The smallest absolute Gasteiger partial charge is 0.225 e. The molecule has 180 valence electrons. The molecule has 0 amide bonds. The first-order valence-corrected chi connectivity index (χ1v) is 12.4. The lowest BCUT2D eigenvalue weighted by atomic mass is 9.81. The number of hydrogen-bond donors (Lipinski definition) is 2. The minimum atomic E-state index is -0.178. The van der Waals surface area contributed by atoms with Gasteiger partial charge >= 0.3 is 0 Å². The van der Waals surface area contributed by atoms with Crippen molar-refractivity contribution in [1.82, 2.24) is 25.4 Å². The van der Waals surface area contributed by atoms with E-state index in [4.69, 9.17) is 9.98 Å². The van der Waals surface area contributed by atoms with Crippen molar-refractivity contribution in [2.24, 2.45) is 10.4 Å². The number of hydrogen-bond acceptors (Lipinski definition) is 5. The third-order valence-corrected chi connectivity index (χ3v) is 6.69. The zero-order chi connectivity index (χ0) is 23.9. The van der Waals surface area contributed by atoms with E-state index >= 15 is 0 Å². The third-order valence-electron chi connectivity index (χ3n) is 6.69. The molecule has 1 atom stereocenters. The summed E-state index contributed by atoms with van der Waals surface area (Å²) in [5, 5.41) is 2.50. The van der Waals surface area contributed by atoms with Gasteiger partial charge in [-0.05, 0) is 79.1 Å². The fourth-order valence-corrected chi connectivity index (χ4v) is 5.82. The van der Waals surface area contributed by atoms with Crippen molar-refractivity contribution in [2.45, 2.75) is 130 Å². The maximum atomic E-state index is 4.93. The molecule has 0 aliphatic carbocycles. The van der Waals surface area contributed by atoms with E-state index in [0.717, 1.165) is 37.3 Å². The summed E-state index contributed by atoms with van der Waals surface area (Å²) < 4.78 is 0. The van der Waals surface area contributed by atoms with Crippen molar-refractivity contribution in [3.63, 3.8) is 0 Å². The van der Waals surface area contributed by atoms with E-state index in [9.17, 15) is 0 Å². The zero-order valence-electron chi connectivity index (χ0n) is 22.0. The van der Waals surface area contributed by atoms with Crippen LogP contribution < -0.4 is 11.0 Å². The molecular formula is C26H46N6. The van der Waals surface area contributed by atoms with Crippen LogP contribution in [0.15, 0.2) is 4.99 Å². The van der Waals surface area contributed by atoms with Crippen molar-refractivity contribution < 1.29 is 0 Å². The first kappa shape index (κ1) is 25.4. The van der Waals surface area contributed by atoms with Crippen molar-refractivity contribution in [2.75, 3.05) is 0 Å². The highest BCUT2D eigenvalue weighted by molar-refractivity contribution is 5.41. The maximum absolute atomic E-state index is 4.93. The molecule has 2 radical (unpaired) electrons. The van der Waals surface area contributed by atoms with Crippen LogP contribution in [0.4, 0.5) is 0 Å². The fourth-order valence-electron chi connectivity index (χ4n) is 5.82. The van der Waals surface area contributed by atoms with E-state index in [1.165, 1.54) is 25.2 Å². The van der Waals surface area contributed by atoms with Crippen molar-refractivity contribution in [3.05, 3.63) is 30.1 Å². The Bertz CT molecular complexity index is 817. The van der Waals surface area contributed by atoms with Crippen LogP contribution in [0.1, 0.15) is 119 Å². The zero-order valence-corrected chi connectivity index (χ0v) is 22.0. The van der Waals surface area contributed by atoms with Gasteiger partial charge in [-0.3, -0.25) is 0 Å². The largest absolute Gasteiger partial charge is 0.312 e. The number of fused-ring (bicyclic) bond motifs is 2. The summed E-state index contributed by atoms with van der Waals surface area (Å²) in [6.45, 7) is 24.6. The molecule has 6 heteroatoms. The normalized spacial score (nSPS) is 22.6. The summed E-state index contributed by atoms with van der Waals surface area (Å²) in [7, 11) is 0. The Morgan fingerprint density at radius 2 is 1.72 bits per heavy atom. The summed E-state index contributed by atoms with van der Waals surface area (Å²) in [6.07, 6.45) is 7.66. The average molecular weight is 443 g/mol. The van der Waals surface area contributed by atoms with Gasteiger partial charge in [-0.2, -0.15) is 4.98 Å². The number of aromatic amines is 1. The molecule has 2 N–H and O–H groups in total. The fraction of sp³-hybridized carbons (Fsp3) is 0.808. The second-order valence-corrected chi connectivity index (χ2v) is 12.9. The van der Waals surface area contributed by atoms with Gasteiger partial charge in [0.05, 0.1) is 5.54 Å². The summed E-state index contributed by atoms with van der Waals surface area (Å²) in [5.74, 6) is 2.95. The van der Waals surface area contributed by atoms with Gasteiger partial charge in [-0.25, -0.2) is 20.4 Å². The molecule has 0 aromatic carbocycles. The highest BCUT2D eigenvalue weighted by Crippen LogP contribution is 2.39. The molecule has 1 fully saturated rings. The Hall–Kier alpha value is -1.27. The molecular weight excluding hydrogens is 396 g/mol. The van der Waals surface area contributed by atoms with Crippen LogP contribution in [0.25, 0.3) is 0 Å². The summed E-state index contributed by atoms with van der Waals surface area (Å²) in [6, 6.07) is 0.177. The van der Waals surface area contributed by atoms with Gasteiger partial charge in [0.1, 0.15) is 11.7 Å². The molecule has 6 nitrogen and oxygen atoms in total. The predicted octanol–water partition coefficient (Wildman–Crippen LogP) is 5.13. The average Bonchev–Trinajstić information content (AvgIpc) is 2.59. The van der Waals surface area contributed by atoms with Crippen molar-refractivity contribution in [3.8, 4) is 0 Å². The van der Waals surface area contributed by atoms with E-state index in [-0.39, 0.29) is 28.1 Å². The van der Waals surface area contributed by atoms with Crippen LogP contribution in [-0.2, 0) is 0 Å².